The van der Waals surface area contributed by atoms with Crippen LogP contribution in [0.15, 0.2) is 12.1 Å². The molecule has 98 valence electrons. The second-order valence-electron chi connectivity index (χ2n) is 3.49. The molecule has 4 nitrogen and oxygen atoms in total. The van der Waals surface area contributed by atoms with Crippen molar-refractivity contribution in [2.45, 2.75) is 6.92 Å². The lowest BCUT2D eigenvalue weighted by Crippen LogP contribution is -2.12. The molecule has 0 unspecified atom stereocenters. The van der Waals surface area contributed by atoms with Gasteiger partial charge in [0.2, 0.25) is 0 Å². The molecule has 0 spiro atoms. The molecule has 18 heavy (non-hydrogen) atoms. The van der Waals surface area contributed by atoms with E-state index in [0.717, 1.165) is 12.1 Å². The van der Waals surface area contributed by atoms with Crippen LogP contribution in [0.25, 0.3) is 0 Å². The molecule has 1 N–H and O–H groups in total. The van der Waals surface area contributed by atoms with Gasteiger partial charge in [-0.05, 0) is 6.54 Å². The van der Waals surface area contributed by atoms with Gasteiger partial charge < -0.3 is 19.5 Å². The van der Waals surface area contributed by atoms with Crippen LogP contribution in [0, 0.1) is 11.8 Å². The Bertz CT molecular complexity index is 421. The highest BCUT2D eigenvalue weighted by atomic mass is 16.5. The van der Waals surface area contributed by atoms with Gasteiger partial charge in [0.1, 0.15) is 22.8 Å². The Kier molecular flexibility index (Phi) is 5.89. The van der Waals surface area contributed by atoms with E-state index in [-0.39, 0.29) is 0 Å². The molecule has 0 aliphatic rings. The second-order valence-corrected chi connectivity index (χ2v) is 3.49. The quantitative estimate of drug-likeness (QED) is 0.636. The number of hydrogen-bond acceptors (Lipinski definition) is 4. The maximum Gasteiger partial charge on any atom is 0.141 e. The van der Waals surface area contributed by atoms with Crippen LogP contribution in [0.5, 0.6) is 17.2 Å². The van der Waals surface area contributed by atoms with Crippen LogP contribution in [0.4, 0.5) is 0 Å². The normalized spacial score (nSPS) is 9.33. The maximum absolute atomic E-state index is 5.30. The van der Waals surface area contributed by atoms with Gasteiger partial charge in [-0.25, -0.2) is 0 Å². The molecule has 0 amide bonds. The van der Waals surface area contributed by atoms with E-state index in [1.807, 2.05) is 6.92 Å². The SMILES string of the molecule is CCNCC#Cc1c(OC)cc(OC)cc1OC. The number of hydrogen-bond donors (Lipinski definition) is 1. The fraction of sp³-hybridized carbons (Fsp3) is 0.429. The Morgan fingerprint density at radius 2 is 1.67 bits per heavy atom. The van der Waals surface area contributed by atoms with E-state index in [9.17, 15) is 0 Å². The first-order valence-electron chi connectivity index (χ1n) is 5.76. The molecule has 0 saturated carbocycles. The zero-order chi connectivity index (χ0) is 13.4. The molecule has 0 aliphatic heterocycles. The molecule has 0 aliphatic carbocycles. The van der Waals surface area contributed by atoms with Crippen molar-refractivity contribution in [3.63, 3.8) is 0 Å². The van der Waals surface area contributed by atoms with Crippen LogP contribution in [0.2, 0.25) is 0 Å². The highest BCUT2D eigenvalue weighted by Gasteiger charge is 2.10. The average molecular weight is 249 g/mol. The number of nitrogens with one attached hydrogen (secondary N) is 1. The molecule has 0 fully saturated rings. The maximum atomic E-state index is 5.30. The molecule has 1 rings (SSSR count). The number of benzene rings is 1. The van der Waals surface area contributed by atoms with Gasteiger partial charge in [-0.15, -0.1) is 0 Å². The summed E-state index contributed by atoms with van der Waals surface area (Å²) in [4.78, 5) is 0. The summed E-state index contributed by atoms with van der Waals surface area (Å²) in [7, 11) is 4.80. The summed E-state index contributed by atoms with van der Waals surface area (Å²) in [5.41, 5.74) is 0.735. The molecule has 0 heterocycles. The minimum Gasteiger partial charge on any atom is -0.496 e. The van der Waals surface area contributed by atoms with E-state index >= 15 is 0 Å². The molecule has 1 aromatic rings. The predicted octanol–water partition coefficient (Wildman–Crippen LogP) is 1.67. The van der Waals surface area contributed by atoms with Crippen LogP contribution in [-0.4, -0.2) is 34.4 Å². The lowest BCUT2D eigenvalue weighted by atomic mass is 10.1. The monoisotopic (exact) mass is 249 g/mol. The minimum absolute atomic E-state index is 0.634. The summed E-state index contributed by atoms with van der Waals surface area (Å²) < 4.78 is 15.8. The first-order valence-corrected chi connectivity index (χ1v) is 5.76. The minimum atomic E-state index is 0.634. The Morgan fingerprint density at radius 3 is 2.11 bits per heavy atom. The lowest BCUT2D eigenvalue weighted by molar-refractivity contribution is 0.374. The van der Waals surface area contributed by atoms with Gasteiger partial charge in [0, 0.05) is 12.1 Å². The van der Waals surface area contributed by atoms with Gasteiger partial charge in [0.05, 0.1) is 27.9 Å². The van der Waals surface area contributed by atoms with Crippen molar-refractivity contribution in [1.29, 1.82) is 0 Å². The summed E-state index contributed by atoms with van der Waals surface area (Å²) >= 11 is 0. The number of ether oxygens (including phenoxy) is 3. The molecule has 1 aromatic carbocycles. The standard InChI is InChI=1S/C14H19NO3/c1-5-15-8-6-7-12-13(17-3)9-11(16-2)10-14(12)18-4/h9-10,15H,5,8H2,1-4H3. The third-order valence-corrected chi connectivity index (χ3v) is 2.39. The van der Waals surface area contributed by atoms with Crippen LogP contribution < -0.4 is 19.5 Å². The van der Waals surface area contributed by atoms with Gasteiger partial charge in [-0.2, -0.15) is 0 Å². The van der Waals surface area contributed by atoms with E-state index in [1.54, 1.807) is 33.5 Å². The molecule has 0 saturated heterocycles. The smallest absolute Gasteiger partial charge is 0.141 e. The largest absolute Gasteiger partial charge is 0.496 e. The van der Waals surface area contributed by atoms with E-state index in [2.05, 4.69) is 17.2 Å². The van der Waals surface area contributed by atoms with E-state index in [1.165, 1.54) is 0 Å². The van der Waals surface area contributed by atoms with E-state index in [0.29, 0.717) is 23.8 Å². The van der Waals surface area contributed by atoms with Gasteiger partial charge >= 0.3 is 0 Å². The highest BCUT2D eigenvalue weighted by molar-refractivity contribution is 5.58. The third kappa shape index (κ3) is 3.57. The summed E-state index contributed by atoms with van der Waals surface area (Å²) in [6.07, 6.45) is 0. The topological polar surface area (TPSA) is 39.7 Å². The van der Waals surface area contributed by atoms with Crippen LogP contribution in [-0.2, 0) is 0 Å². The van der Waals surface area contributed by atoms with E-state index in [4.69, 9.17) is 14.2 Å². The lowest BCUT2D eigenvalue weighted by Gasteiger charge is -2.11. The molecular formula is C14H19NO3. The Labute approximate surface area is 108 Å². The van der Waals surface area contributed by atoms with Gasteiger partial charge in [0.15, 0.2) is 0 Å². The zero-order valence-corrected chi connectivity index (χ0v) is 11.3. The molecule has 0 bridgehead atoms. The zero-order valence-electron chi connectivity index (χ0n) is 11.3. The van der Waals surface area contributed by atoms with Crippen molar-refractivity contribution >= 4 is 0 Å². The first-order chi connectivity index (χ1) is 8.76. The molecule has 4 heteroatoms. The summed E-state index contributed by atoms with van der Waals surface area (Å²) in [6.45, 7) is 3.57. The molecular weight excluding hydrogens is 230 g/mol. The van der Waals surface area contributed by atoms with Crippen molar-refractivity contribution in [3.8, 4) is 29.1 Å². The van der Waals surface area contributed by atoms with Crippen molar-refractivity contribution in [3.05, 3.63) is 17.7 Å². The van der Waals surface area contributed by atoms with Gasteiger partial charge in [-0.3, -0.25) is 0 Å². The van der Waals surface area contributed by atoms with Gasteiger partial charge in [-0.1, -0.05) is 18.8 Å². The van der Waals surface area contributed by atoms with Crippen molar-refractivity contribution < 1.29 is 14.2 Å². The Hall–Kier alpha value is -1.86. The van der Waals surface area contributed by atoms with Crippen molar-refractivity contribution in [2.24, 2.45) is 0 Å². The van der Waals surface area contributed by atoms with Crippen LogP contribution in [0.1, 0.15) is 12.5 Å². The Balaban J connectivity index is 3.09. The predicted molar refractivity (Wildman–Crippen MR) is 71.5 cm³/mol. The van der Waals surface area contributed by atoms with Crippen LogP contribution >= 0.6 is 0 Å². The summed E-state index contributed by atoms with van der Waals surface area (Å²) in [6, 6.07) is 3.58. The summed E-state index contributed by atoms with van der Waals surface area (Å²) in [5.74, 6) is 8.06. The second kappa shape index (κ2) is 7.46. The van der Waals surface area contributed by atoms with Crippen molar-refractivity contribution in [2.75, 3.05) is 34.4 Å². The van der Waals surface area contributed by atoms with E-state index < -0.39 is 0 Å². The number of rotatable bonds is 5. The number of methoxy groups -OCH3 is 3. The third-order valence-electron chi connectivity index (χ3n) is 2.39. The molecule has 0 aromatic heterocycles. The average Bonchev–Trinajstić information content (AvgIpc) is 2.42. The fourth-order valence-electron chi connectivity index (χ4n) is 1.45. The summed E-state index contributed by atoms with van der Waals surface area (Å²) in [5, 5.41) is 3.14. The fourth-order valence-corrected chi connectivity index (χ4v) is 1.45. The van der Waals surface area contributed by atoms with Crippen molar-refractivity contribution in [1.82, 2.24) is 5.32 Å². The highest BCUT2D eigenvalue weighted by Crippen LogP contribution is 2.33. The first kappa shape index (κ1) is 14.2. The molecule has 0 radical (unpaired) electrons. The van der Waals surface area contributed by atoms with Gasteiger partial charge in [0.25, 0.3) is 0 Å². The Morgan fingerprint density at radius 1 is 1.06 bits per heavy atom. The van der Waals surface area contributed by atoms with Crippen LogP contribution in [0.3, 0.4) is 0 Å². The molecule has 0 atom stereocenters.